The molecule has 1 amide bonds. The lowest BCUT2D eigenvalue weighted by molar-refractivity contribution is 0.152. The molecule has 0 aliphatic heterocycles. The van der Waals surface area contributed by atoms with E-state index < -0.39 is 6.09 Å². The quantitative estimate of drug-likeness (QED) is 0.540. The number of halogens is 1. The topological polar surface area (TPSA) is 68.5 Å². The van der Waals surface area contributed by atoms with Crippen molar-refractivity contribution in [2.75, 3.05) is 6.61 Å². The van der Waals surface area contributed by atoms with Gasteiger partial charge in [-0.15, -0.1) is 0 Å². The smallest absolute Gasteiger partial charge is 0.427 e. The van der Waals surface area contributed by atoms with Crippen molar-refractivity contribution in [1.29, 1.82) is 0 Å². The van der Waals surface area contributed by atoms with Crippen LogP contribution < -0.4 is 5.43 Å². The van der Waals surface area contributed by atoms with E-state index in [-0.39, 0.29) is 6.61 Å². The first-order chi connectivity index (χ1) is 12.7. The predicted octanol–water partition coefficient (Wildman–Crippen LogP) is 4.27. The minimum absolute atomic E-state index is 0.281. The van der Waals surface area contributed by atoms with Crippen molar-refractivity contribution in [3.8, 4) is 16.9 Å². The number of amides is 1. The molecular weight excluding hydrogens is 352 g/mol. The third-order valence-electron chi connectivity index (χ3n) is 3.52. The van der Waals surface area contributed by atoms with Gasteiger partial charge in [0.25, 0.3) is 0 Å². The molecule has 0 unspecified atom stereocenters. The third-order valence-corrected chi connectivity index (χ3v) is 3.77. The Bertz CT molecular complexity index is 905. The van der Waals surface area contributed by atoms with Crippen LogP contribution in [0.4, 0.5) is 4.79 Å². The second-order valence-corrected chi connectivity index (χ2v) is 5.75. The molecule has 0 bridgehead atoms. The molecule has 0 spiro atoms. The van der Waals surface area contributed by atoms with E-state index in [9.17, 15) is 4.79 Å². The van der Waals surface area contributed by atoms with Crippen LogP contribution in [-0.2, 0) is 4.74 Å². The average Bonchev–Trinajstić information content (AvgIpc) is 3.07. The van der Waals surface area contributed by atoms with Crippen molar-refractivity contribution in [3.63, 3.8) is 0 Å². The normalized spacial score (nSPS) is 10.8. The zero-order valence-electron chi connectivity index (χ0n) is 14.1. The molecule has 0 fully saturated rings. The summed E-state index contributed by atoms with van der Waals surface area (Å²) in [5.41, 5.74) is 5.59. The summed E-state index contributed by atoms with van der Waals surface area (Å²) in [6, 6.07) is 17.1. The molecule has 0 aliphatic carbocycles. The van der Waals surface area contributed by atoms with Crippen molar-refractivity contribution in [3.05, 3.63) is 71.4 Å². The lowest BCUT2D eigenvalue weighted by atomic mass is 10.1. The number of carbonyl (C=O) groups is 1. The van der Waals surface area contributed by atoms with Crippen molar-refractivity contribution in [2.45, 2.75) is 6.92 Å². The van der Waals surface area contributed by atoms with Crippen LogP contribution in [0.15, 0.2) is 65.9 Å². The summed E-state index contributed by atoms with van der Waals surface area (Å²) in [4.78, 5) is 11.4. The van der Waals surface area contributed by atoms with Crippen LogP contribution >= 0.6 is 11.6 Å². The van der Waals surface area contributed by atoms with Gasteiger partial charge in [-0.3, -0.25) is 0 Å². The zero-order chi connectivity index (χ0) is 18.4. The number of aromatic nitrogens is 2. The second kappa shape index (κ2) is 8.31. The van der Waals surface area contributed by atoms with Crippen LogP contribution in [0.5, 0.6) is 0 Å². The Balaban J connectivity index is 1.95. The van der Waals surface area contributed by atoms with Gasteiger partial charge in [-0.1, -0.05) is 41.9 Å². The molecule has 0 atom stereocenters. The highest BCUT2D eigenvalue weighted by molar-refractivity contribution is 6.30. The lowest BCUT2D eigenvalue weighted by Crippen LogP contribution is -2.18. The summed E-state index contributed by atoms with van der Waals surface area (Å²) in [5.74, 6) is 0. The number of para-hydroxylation sites is 1. The largest absolute Gasteiger partial charge is 0.449 e. The molecule has 1 N–H and O–H groups in total. The highest BCUT2D eigenvalue weighted by atomic mass is 35.5. The maximum Gasteiger partial charge on any atom is 0.427 e. The standard InChI is InChI=1S/C19H17ClN4O2/c1-2-26-19(25)22-21-12-15-13-24(17-6-4-3-5-7-17)23-18(15)14-8-10-16(20)11-9-14/h3-13H,2H2,1H3,(H,22,25)/b21-12-. The van der Waals surface area contributed by atoms with Crippen molar-refractivity contribution in [1.82, 2.24) is 15.2 Å². The summed E-state index contributed by atoms with van der Waals surface area (Å²) >= 11 is 5.97. The van der Waals surface area contributed by atoms with E-state index in [1.54, 1.807) is 23.7 Å². The van der Waals surface area contributed by atoms with Gasteiger partial charge in [0.15, 0.2) is 0 Å². The van der Waals surface area contributed by atoms with Gasteiger partial charge in [0.05, 0.1) is 18.5 Å². The molecule has 0 radical (unpaired) electrons. The van der Waals surface area contributed by atoms with Gasteiger partial charge >= 0.3 is 6.09 Å². The van der Waals surface area contributed by atoms with Crippen molar-refractivity contribution < 1.29 is 9.53 Å². The van der Waals surface area contributed by atoms with Crippen LogP contribution in [0.25, 0.3) is 16.9 Å². The van der Waals surface area contributed by atoms with Gasteiger partial charge in [-0.25, -0.2) is 14.9 Å². The van der Waals surface area contributed by atoms with Gasteiger partial charge in [-0.05, 0) is 31.2 Å². The molecule has 6 nitrogen and oxygen atoms in total. The van der Waals surface area contributed by atoms with Gasteiger partial charge in [-0.2, -0.15) is 10.2 Å². The van der Waals surface area contributed by atoms with E-state index in [1.807, 2.05) is 48.7 Å². The number of carbonyl (C=O) groups excluding carboxylic acids is 1. The van der Waals surface area contributed by atoms with E-state index >= 15 is 0 Å². The SMILES string of the molecule is CCOC(=O)N/N=C\c1cn(-c2ccccc2)nc1-c1ccc(Cl)cc1. The summed E-state index contributed by atoms with van der Waals surface area (Å²) in [5, 5.41) is 9.24. The monoisotopic (exact) mass is 368 g/mol. The van der Waals surface area contributed by atoms with Crippen LogP contribution in [0.2, 0.25) is 5.02 Å². The van der Waals surface area contributed by atoms with Gasteiger partial charge in [0.1, 0.15) is 5.69 Å². The van der Waals surface area contributed by atoms with E-state index in [0.29, 0.717) is 5.02 Å². The Labute approximate surface area is 156 Å². The second-order valence-electron chi connectivity index (χ2n) is 5.31. The first-order valence-electron chi connectivity index (χ1n) is 8.04. The molecule has 1 aromatic heterocycles. The number of ether oxygens (including phenoxy) is 1. The number of nitrogens with one attached hydrogen (secondary N) is 1. The van der Waals surface area contributed by atoms with Crippen LogP contribution in [0.3, 0.4) is 0 Å². The third kappa shape index (κ3) is 4.29. The van der Waals surface area contributed by atoms with Crippen molar-refractivity contribution in [2.24, 2.45) is 5.10 Å². The Morgan fingerprint density at radius 1 is 1.23 bits per heavy atom. The first kappa shape index (κ1) is 17.7. The Morgan fingerprint density at radius 3 is 2.65 bits per heavy atom. The maximum absolute atomic E-state index is 11.4. The molecule has 0 saturated heterocycles. The van der Waals surface area contributed by atoms with E-state index in [1.165, 1.54) is 6.21 Å². The minimum Gasteiger partial charge on any atom is -0.449 e. The highest BCUT2D eigenvalue weighted by Crippen LogP contribution is 2.24. The van der Waals surface area contributed by atoms with Crippen LogP contribution in [0.1, 0.15) is 12.5 Å². The van der Waals surface area contributed by atoms with Gasteiger partial charge in [0, 0.05) is 22.3 Å². The fraction of sp³-hybridized carbons (Fsp3) is 0.105. The number of benzene rings is 2. The Hall–Kier alpha value is -3.12. The number of rotatable bonds is 5. The van der Waals surface area contributed by atoms with Gasteiger partial charge in [0.2, 0.25) is 0 Å². The summed E-state index contributed by atoms with van der Waals surface area (Å²) in [6.07, 6.45) is 2.77. The summed E-state index contributed by atoms with van der Waals surface area (Å²) in [7, 11) is 0. The summed E-state index contributed by atoms with van der Waals surface area (Å²) < 4.78 is 6.54. The number of nitrogens with zero attached hydrogens (tertiary/aromatic N) is 3. The molecule has 26 heavy (non-hydrogen) atoms. The number of hydrazone groups is 1. The molecule has 3 aromatic rings. The highest BCUT2D eigenvalue weighted by Gasteiger charge is 2.11. The summed E-state index contributed by atoms with van der Waals surface area (Å²) in [6.45, 7) is 2.01. The Morgan fingerprint density at radius 2 is 1.96 bits per heavy atom. The average molecular weight is 369 g/mol. The molecule has 2 aromatic carbocycles. The lowest BCUT2D eigenvalue weighted by Gasteiger charge is -2.01. The van der Waals surface area contributed by atoms with E-state index in [2.05, 4.69) is 15.6 Å². The maximum atomic E-state index is 11.4. The van der Waals surface area contributed by atoms with E-state index in [4.69, 9.17) is 16.3 Å². The van der Waals surface area contributed by atoms with Gasteiger partial charge < -0.3 is 4.74 Å². The first-order valence-corrected chi connectivity index (χ1v) is 8.42. The molecule has 132 valence electrons. The number of hydrogen-bond donors (Lipinski definition) is 1. The van der Waals surface area contributed by atoms with Crippen LogP contribution in [0, 0.1) is 0 Å². The number of hydrogen-bond acceptors (Lipinski definition) is 4. The fourth-order valence-electron chi connectivity index (χ4n) is 2.34. The molecule has 3 rings (SSSR count). The molecule has 0 aliphatic rings. The Kier molecular flexibility index (Phi) is 5.66. The molecule has 0 saturated carbocycles. The molecule has 1 heterocycles. The van der Waals surface area contributed by atoms with Crippen LogP contribution in [-0.4, -0.2) is 28.7 Å². The van der Waals surface area contributed by atoms with Crippen molar-refractivity contribution >= 4 is 23.9 Å². The molecule has 7 heteroatoms. The molecular formula is C19H17ClN4O2. The minimum atomic E-state index is -0.604. The predicted molar refractivity (Wildman–Crippen MR) is 102 cm³/mol. The zero-order valence-corrected chi connectivity index (χ0v) is 14.8. The fourth-order valence-corrected chi connectivity index (χ4v) is 2.47. The van der Waals surface area contributed by atoms with E-state index in [0.717, 1.165) is 22.5 Å².